The van der Waals surface area contributed by atoms with Crippen LogP contribution >= 0.6 is 0 Å². The monoisotopic (exact) mass is 634 g/mol. The number of carboxylic acids is 1. The number of unbranched alkanes of at least 4 members (excludes halogenated alkanes) is 14. The number of aliphatic carboxylic acids is 1. The lowest BCUT2D eigenvalue weighted by atomic mass is 10.0. The molecule has 0 rings (SSSR count). The summed E-state index contributed by atoms with van der Waals surface area (Å²) in [5.41, 5.74) is 0. The molecule has 262 valence electrons. The molecule has 10 nitrogen and oxygen atoms in total. The highest BCUT2D eigenvalue weighted by Gasteiger charge is 2.04. The van der Waals surface area contributed by atoms with Crippen molar-refractivity contribution in [3.05, 3.63) is 0 Å². The first-order valence-corrected chi connectivity index (χ1v) is 17.5. The molecular formula is C34H66O10. The van der Waals surface area contributed by atoms with Crippen LogP contribution in [0, 0.1) is 0 Å². The van der Waals surface area contributed by atoms with Gasteiger partial charge in [-0.15, -0.1) is 0 Å². The van der Waals surface area contributed by atoms with Crippen LogP contribution in [0.3, 0.4) is 0 Å². The first kappa shape index (κ1) is 42.7. The van der Waals surface area contributed by atoms with E-state index < -0.39 is 5.97 Å². The maximum absolute atomic E-state index is 11.5. The zero-order valence-corrected chi connectivity index (χ0v) is 28.0. The Morgan fingerprint density at radius 1 is 0.386 bits per heavy atom. The average molecular weight is 635 g/mol. The van der Waals surface area contributed by atoms with E-state index in [4.69, 9.17) is 38.3 Å². The third-order valence-corrected chi connectivity index (χ3v) is 7.01. The Hall–Kier alpha value is -1.30. The largest absolute Gasteiger partial charge is 0.481 e. The molecule has 1 N–H and O–H groups in total. The summed E-state index contributed by atoms with van der Waals surface area (Å²) in [5.74, 6) is -1.19. The summed E-state index contributed by atoms with van der Waals surface area (Å²) in [4.78, 5) is 21.9. The van der Waals surface area contributed by atoms with E-state index in [0.29, 0.717) is 85.5 Å². The van der Waals surface area contributed by atoms with Crippen molar-refractivity contribution in [3.63, 3.8) is 0 Å². The zero-order chi connectivity index (χ0) is 32.0. The molecule has 0 aromatic carbocycles. The van der Waals surface area contributed by atoms with Crippen molar-refractivity contribution in [2.24, 2.45) is 0 Å². The molecule has 0 aromatic rings. The SMILES string of the molecule is CCCCCCCCCCCCCCCCOCCOCCOCCOCCOCCOCCOC(=O)CCCCC(=O)O. The number of rotatable bonds is 38. The quantitative estimate of drug-likeness (QED) is 0.0577. The number of carboxylic acid groups (broad SMARTS) is 1. The lowest BCUT2D eigenvalue weighted by Gasteiger charge is -2.08. The summed E-state index contributed by atoms with van der Waals surface area (Å²) in [6, 6.07) is 0. The molecule has 0 heterocycles. The summed E-state index contributed by atoms with van der Waals surface area (Å²) in [7, 11) is 0. The van der Waals surface area contributed by atoms with Crippen LogP contribution in [0.4, 0.5) is 0 Å². The topological polar surface area (TPSA) is 119 Å². The van der Waals surface area contributed by atoms with Gasteiger partial charge in [0.2, 0.25) is 0 Å². The van der Waals surface area contributed by atoms with Gasteiger partial charge >= 0.3 is 11.9 Å². The van der Waals surface area contributed by atoms with E-state index in [0.717, 1.165) is 13.0 Å². The van der Waals surface area contributed by atoms with E-state index in [-0.39, 0.29) is 25.4 Å². The van der Waals surface area contributed by atoms with Crippen molar-refractivity contribution < 1.29 is 47.9 Å². The molecule has 0 saturated heterocycles. The zero-order valence-electron chi connectivity index (χ0n) is 28.0. The maximum Gasteiger partial charge on any atom is 0.305 e. The first-order chi connectivity index (χ1) is 21.7. The highest BCUT2D eigenvalue weighted by molar-refractivity contribution is 5.69. The van der Waals surface area contributed by atoms with Gasteiger partial charge in [-0.05, 0) is 19.3 Å². The minimum atomic E-state index is -0.854. The van der Waals surface area contributed by atoms with Gasteiger partial charge < -0.3 is 38.3 Å². The Morgan fingerprint density at radius 2 is 0.705 bits per heavy atom. The van der Waals surface area contributed by atoms with E-state index in [1.54, 1.807) is 0 Å². The number of esters is 1. The first-order valence-electron chi connectivity index (χ1n) is 17.5. The minimum absolute atomic E-state index is 0.0703. The summed E-state index contributed by atoms with van der Waals surface area (Å²) in [6.07, 6.45) is 20.4. The van der Waals surface area contributed by atoms with Gasteiger partial charge in [0.15, 0.2) is 0 Å². The summed E-state index contributed by atoms with van der Waals surface area (Å²) in [5, 5.41) is 8.55. The second-order valence-electron chi connectivity index (χ2n) is 11.1. The lowest BCUT2D eigenvalue weighted by molar-refractivity contribution is -0.146. The predicted octanol–water partition coefficient (Wildman–Crippen LogP) is 6.76. The second kappa shape index (κ2) is 37.9. The highest BCUT2D eigenvalue weighted by Crippen LogP contribution is 2.13. The van der Waals surface area contributed by atoms with Crippen molar-refractivity contribution in [2.75, 3.05) is 85.9 Å². The number of ether oxygens (including phenoxy) is 7. The molecule has 0 atom stereocenters. The van der Waals surface area contributed by atoms with E-state index in [2.05, 4.69) is 6.92 Å². The molecule has 0 aliphatic heterocycles. The highest BCUT2D eigenvalue weighted by atomic mass is 16.6. The second-order valence-corrected chi connectivity index (χ2v) is 11.1. The maximum atomic E-state index is 11.5. The van der Waals surface area contributed by atoms with E-state index in [9.17, 15) is 9.59 Å². The van der Waals surface area contributed by atoms with Gasteiger partial charge in [0.1, 0.15) is 6.61 Å². The molecule has 0 aromatic heterocycles. The molecule has 44 heavy (non-hydrogen) atoms. The standard InChI is InChI=1S/C34H66O10/c1-2-3-4-5-6-7-8-9-10-11-12-13-14-17-20-38-21-22-39-23-24-40-25-26-41-27-28-42-29-30-43-31-32-44-34(37)19-16-15-18-33(35)36/h2-32H2,1H3,(H,35,36). The summed E-state index contributed by atoms with van der Waals surface area (Å²) < 4.78 is 37.9. The third-order valence-electron chi connectivity index (χ3n) is 7.01. The van der Waals surface area contributed by atoms with Gasteiger partial charge in [0.25, 0.3) is 0 Å². The van der Waals surface area contributed by atoms with Gasteiger partial charge in [-0.3, -0.25) is 9.59 Å². The van der Waals surface area contributed by atoms with Crippen molar-refractivity contribution in [3.8, 4) is 0 Å². The molecule has 0 aliphatic carbocycles. The molecule has 0 spiro atoms. The van der Waals surface area contributed by atoms with Crippen molar-refractivity contribution in [2.45, 2.75) is 122 Å². The van der Waals surface area contributed by atoms with Crippen LogP contribution in [-0.2, 0) is 42.7 Å². The van der Waals surface area contributed by atoms with Gasteiger partial charge in [0, 0.05) is 19.4 Å². The van der Waals surface area contributed by atoms with Crippen LogP contribution < -0.4 is 0 Å². The average Bonchev–Trinajstić information content (AvgIpc) is 3.01. The fourth-order valence-electron chi connectivity index (χ4n) is 4.43. The molecule has 10 heteroatoms. The summed E-state index contributed by atoms with van der Waals surface area (Å²) >= 11 is 0. The van der Waals surface area contributed by atoms with Crippen LogP contribution in [0.5, 0.6) is 0 Å². The Labute approximate surface area is 268 Å². The Morgan fingerprint density at radius 3 is 1.09 bits per heavy atom. The minimum Gasteiger partial charge on any atom is -0.481 e. The fraction of sp³-hybridized carbons (Fsp3) is 0.941. The van der Waals surface area contributed by atoms with E-state index in [1.165, 1.54) is 83.5 Å². The lowest BCUT2D eigenvalue weighted by Crippen LogP contribution is -2.15. The third kappa shape index (κ3) is 38.7. The Bertz CT molecular complexity index is 590. The Kier molecular flexibility index (Phi) is 36.8. The molecule has 0 saturated carbocycles. The van der Waals surface area contributed by atoms with Crippen molar-refractivity contribution in [1.29, 1.82) is 0 Å². The van der Waals surface area contributed by atoms with Gasteiger partial charge in [-0.1, -0.05) is 90.4 Å². The van der Waals surface area contributed by atoms with Gasteiger partial charge in [0.05, 0.1) is 72.7 Å². The number of hydrogen-bond acceptors (Lipinski definition) is 9. The number of hydrogen-bond donors (Lipinski definition) is 1. The molecular weight excluding hydrogens is 568 g/mol. The molecule has 0 amide bonds. The van der Waals surface area contributed by atoms with Crippen LogP contribution in [0.15, 0.2) is 0 Å². The van der Waals surface area contributed by atoms with Gasteiger partial charge in [-0.2, -0.15) is 0 Å². The van der Waals surface area contributed by atoms with Crippen LogP contribution in [-0.4, -0.2) is 103 Å². The number of carbonyl (C=O) groups excluding carboxylic acids is 1. The Balaban J connectivity index is 3.09. The number of carbonyl (C=O) groups is 2. The van der Waals surface area contributed by atoms with Crippen LogP contribution in [0.25, 0.3) is 0 Å². The summed E-state index contributed by atoms with van der Waals surface area (Å²) in [6.45, 7) is 8.71. The van der Waals surface area contributed by atoms with Gasteiger partial charge in [-0.25, -0.2) is 0 Å². The molecule has 0 aliphatic rings. The van der Waals surface area contributed by atoms with Crippen LogP contribution in [0.1, 0.15) is 122 Å². The van der Waals surface area contributed by atoms with E-state index >= 15 is 0 Å². The van der Waals surface area contributed by atoms with E-state index in [1.807, 2.05) is 0 Å². The molecule has 0 unspecified atom stereocenters. The predicted molar refractivity (Wildman–Crippen MR) is 172 cm³/mol. The molecule has 0 bridgehead atoms. The molecule has 0 fully saturated rings. The fourth-order valence-corrected chi connectivity index (χ4v) is 4.43. The smallest absolute Gasteiger partial charge is 0.305 e. The normalized spacial score (nSPS) is 11.3. The van der Waals surface area contributed by atoms with Crippen molar-refractivity contribution >= 4 is 11.9 Å². The van der Waals surface area contributed by atoms with Crippen LogP contribution in [0.2, 0.25) is 0 Å². The van der Waals surface area contributed by atoms with Crippen molar-refractivity contribution in [1.82, 2.24) is 0 Å². The molecule has 0 radical (unpaired) electrons.